The zero-order valence-corrected chi connectivity index (χ0v) is 18.9. The number of Topliss-reactive ketones (excluding diaryl/α,β-unsaturated/α-hetero) is 1. The van der Waals surface area contributed by atoms with Gasteiger partial charge in [-0.1, -0.05) is 57.1 Å². The topological polar surface area (TPSA) is 83.4 Å². The molecule has 1 unspecified atom stereocenters. The SMILES string of the molecule is Cc1ccc(C)c(/C(O)=C2\C(=O)C(=O)N(c3nnc(C)s3)C2c2cccc(Br)c2)c1. The summed E-state index contributed by atoms with van der Waals surface area (Å²) in [6, 6.07) is 12.1. The number of aliphatic hydroxyl groups is 1. The predicted molar refractivity (Wildman–Crippen MR) is 119 cm³/mol. The van der Waals surface area contributed by atoms with Crippen molar-refractivity contribution in [2.75, 3.05) is 4.90 Å². The van der Waals surface area contributed by atoms with Crippen LogP contribution in [0.4, 0.5) is 5.13 Å². The van der Waals surface area contributed by atoms with Crippen LogP contribution in [-0.2, 0) is 9.59 Å². The van der Waals surface area contributed by atoms with E-state index in [1.54, 1.807) is 6.92 Å². The quantitative estimate of drug-likeness (QED) is 0.327. The van der Waals surface area contributed by atoms with Gasteiger partial charge in [-0.25, -0.2) is 0 Å². The molecule has 1 atom stereocenters. The van der Waals surface area contributed by atoms with Gasteiger partial charge in [0.05, 0.1) is 11.6 Å². The van der Waals surface area contributed by atoms with E-state index in [1.165, 1.54) is 16.2 Å². The molecule has 30 heavy (non-hydrogen) atoms. The average Bonchev–Trinajstić information content (AvgIpc) is 3.24. The zero-order valence-electron chi connectivity index (χ0n) is 16.5. The number of carbonyl (C=O) groups excluding carboxylic acids is 2. The smallest absolute Gasteiger partial charge is 0.301 e. The molecule has 1 amide bonds. The van der Waals surface area contributed by atoms with Crippen LogP contribution in [0.1, 0.15) is 33.3 Å². The van der Waals surface area contributed by atoms with Crippen molar-refractivity contribution >= 4 is 49.8 Å². The van der Waals surface area contributed by atoms with Gasteiger partial charge >= 0.3 is 5.91 Å². The number of aromatic nitrogens is 2. The Bertz CT molecular complexity index is 1220. The van der Waals surface area contributed by atoms with E-state index in [1.807, 2.05) is 56.3 Å². The van der Waals surface area contributed by atoms with E-state index >= 15 is 0 Å². The minimum absolute atomic E-state index is 0.0413. The largest absolute Gasteiger partial charge is 0.507 e. The van der Waals surface area contributed by atoms with E-state index < -0.39 is 17.7 Å². The van der Waals surface area contributed by atoms with Gasteiger partial charge in [-0.15, -0.1) is 10.2 Å². The molecule has 6 nitrogen and oxygen atoms in total. The van der Waals surface area contributed by atoms with Gasteiger partial charge in [-0.3, -0.25) is 14.5 Å². The minimum Gasteiger partial charge on any atom is -0.507 e. The number of hydrogen-bond acceptors (Lipinski definition) is 6. The zero-order chi connectivity index (χ0) is 21.6. The number of aryl methyl sites for hydroxylation is 3. The molecule has 8 heteroatoms. The lowest BCUT2D eigenvalue weighted by molar-refractivity contribution is -0.132. The number of nitrogens with zero attached hydrogens (tertiary/aromatic N) is 3. The van der Waals surface area contributed by atoms with Crippen LogP contribution in [0.25, 0.3) is 5.76 Å². The third-order valence-electron chi connectivity index (χ3n) is 4.98. The average molecular weight is 484 g/mol. The molecule has 1 aliphatic rings. The Morgan fingerprint density at radius 2 is 1.87 bits per heavy atom. The molecule has 4 rings (SSSR count). The standard InChI is InChI=1S/C22H18BrN3O3S/c1-11-7-8-12(2)16(9-11)19(27)17-18(14-5-4-6-15(23)10-14)26(21(29)20(17)28)22-25-24-13(3)30-22/h4-10,18,27H,1-3H3/b19-17+. The first kappa shape index (κ1) is 20.4. The molecular formula is C22H18BrN3O3S. The maximum absolute atomic E-state index is 13.1. The van der Waals surface area contributed by atoms with Crippen molar-refractivity contribution < 1.29 is 14.7 Å². The molecule has 1 fully saturated rings. The number of amides is 1. The third-order valence-corrected chi connectivity index (χ3v) is 6.31. The van der Waals surface area contributed by atoms with Crippen LogP contribution in [-0.4, -0.2) is 27.0 Å². The Morgan fingerprint density at radius 1 is 1.10 bits per heavy atom. The van der Waals surface area contributed by atoms with Crippen molar-refractivity contribution in [2.24, 2.45) is 0 Å². The van der Waals surface area contributed by atoms with E-state index in [-0.39, 0.29) is 11.3 Å². The molecule has 1 aromatic heterocycles. The van der Waals surface area contributed by atoms with Crippen molar-refractivity contribution in [3.8, 4) is 0 Å². The first-order chi connectivity index (χ1) is 14.3. The summed E-state index contributed by atoms with van der Waals surface area (Å²) in [5.74, 6) is -1.67. The number of halogens is 1. The van der Waals surface area contributed by atoms with Crippen molar-refractivity contribution in [1.82, 2.24) is 10.2 Å². The summed E-state index contributed by atoms with van der Waals surface area (Å²) in [6.07, 6.45) is 0. The highest BCUT2D eigenvalue weighted by atomic mass is 79.9. The van der Waals surface area contributed by atoms with Gasteiger partial charge in [-0.2, -0.15) is 0 Å². The van der Waals surface area contributed by atoms with Gasteiger partial charge < -0.3 is 5.11 Å². The van der Waals surface area contributed by atoms with Gasteiger partial charge in [0.25, 0.3) is 5.78 Å². The molecule has 0 saturated carbocycles. The molecular weight excluding hydrogens is 466 g/mol. The van der Waals surface area contributed by atoms with Crippen molar-refractivity contribution in [3.05, 3.63) is 79.8 Å². The van der Waals surface area contributed by atoms with Crippen molar-refractivity contribution in [3.63, 3.8) is 0 Å². The maximum Gasteiger partial charge on any atom is 0.301 e. The van der Waals surface area contributed by atoms with Crippen molar-refractivity contribution in [1.29, 1.82) is 0 Å². The molecule has 3 aromatic rings. The summed E-state index contributed by atoms with van der Waals surface area (Å²) in [6.45, 7) is 5.54. The van der Waals surface area contributed by atoms with Crippen LogP contribution in [0.2, 0.25) is 0 Å². The maximum atomic E-state index is 13.1. The first-order valence-corrected chi connectivity index (χ1v) is 10.8. The second-order valence-electron chi connectivity index (χ2n) is 7.15. The summed E-state index contributed by atoms with van der Waals surface area (Å²) in [5.41, 5.74) is 3.00. The number of anilines is 1. The Morgan fingerprint density at radius 3 is 2.53 bits per heavy atom. The van der Waals surface area contributed by atoms with E-state index in [2.05, 4.69) is 26.1 Å². The first-order valence-electron chi connectivity index (χ1n) is 9.22. The number of aliphatic hydroxyl groups excluding tert-OH is 1. The Kier molecular flexibility index (Phi) is 5.29. The molecule has 152 valence electrons. The number of hydrogen-bond donors (Lipinski definition) is 1. The summed E-state index contributed by atoms with van der Waals surface area (Å²) in [4.78, 5) is 27.5. The number of rotatable bonds is 3. The minimum atomic E-state index is -0.810. The Labute approximate surface area is 186 Å². The molecule has 0 radical (unpaired) electrons. The lowest BCUT2D eigenvalue weighted by Crippen LogP contribution is -2.29. The molecule has 1 N–H and O–H groups in total. The van der Waals surface area contributed by atoms with Crippen LogP contribution in [0, 0.1) is 20.8 Å². The number of carbonyl (C=O) groups is 2. The molecule has 1 aliphatic heterocycles. The number of benzene rings is 2. The highest BCUT2D eigenvalue weighted by molar-refractivity contribution is 9.10. The van der Waals surface area contributed by atoms with Crippen LogP contribution in [0.5, 0.6) is 0 Å². The van der Waals surface area contributed by atoms with Crippen LogP contribution < -0.4 is 4.90 Å². The number of ketones is 1. The fraction of sp³-hybridized carbons (Fsp3) is 0.182. The van der Waals surface area contributed by atoms with Gasteiger partial charge in [0.2, 0.25) is 5.13 Å². The van der Waals surface area contributed by atoms with E-state index in [0.717, 1.165) is 15.6 Å². The second kappa shape index (κ2) is 7.77. The van der Waals surface area contributed by atoms with Gasteiger partial charge in [0.1, 0.15) is 10.8 Å². The highest BCUT2D eigenvalue weighted by Gasteiger charge is 2.48. The van der Waals surface area contributed by atoms with Crippen LogP contribution in [0.15, 0.2) is 52.5 Å². The van der Waals surface area contributed by atoms with E-state index in [4.69, 9.17) is 0 Å². The summed E-state index contributed by atoms with van der Waals surface area (Å²) in [5, 5.41) is 20.3. The Hall–Kier alpha value is -2.84. The highest BCUT2D eigenvalue weighted by Crippen LogP contribution is 2.43. The molecule has 2 heterocycles. The van der Waals surface area contributed by atoms with E-state index in [9.17, 15) is 14.7 Å². The lowest BCUT2D eigenvalue weighted by Gasteiger charge is -2.23. The van der Waals surface area contributed by atoms with Crippen molar-refractivity contribution in [2.45, 2.75) is 26.8 Å². The summed E-state index contributed by atoms with van der Waals surface area (Å²) < 4.78 is 0.797. The fourth-order valence-electron chi connectivity index (χ4n) is 3.54. The van der Waals surface area contributed by atoms with Crippen LogP contribution in [0.3, 0.4) is 0 Å². The molecule has 0 aliphatic carbocycles. The lowest BCUT2D eigenvalue weighted by atomic mass is 9.93. The normalized spacial score (nSPS) is 18.3. The summed E-state index contributed by atoms with van der Waals surface area (Å²) in [7, 11) is 0. The summed E-state index contributed by atoms with van der Waals surface area (Å²) >= 11 is 4.67. The van der Waals surface area contributed by atoms with E-state index in [0.29, 0.717) is 21.3 Å². The monoisotopic (exact) mass is 483 g/mol. The Balaban J connectivity index is 1.99. The fourth-order valence-corrected chi connectivity index (χ4v) is 4.67. The van der Waals surface area contributed by atoms with Gasteiger partial charge in [0, 0.05) is 10.0 Å². The molecule has 0 spiro atoms. The van der Waals surface area contributed by atoms with Gasteiger partial charge in [0.15, 0.2) is 0 Å². The second-order valence-corrected chi connectivity index (χ2v) is 9.22. The molecule has 1 saturated heterocycles. The van der Waals surface area contributed by atoms with Crippen LogP contribution >= 0.6 is 27.3 Å². The molecule has 2 aromatic carbocycles. The van der Waals surface area contributed by atoms with Gasteiger partial charge in [-0.05, 0) is 50.1 Å². The predicted octanol–water partition coefficient (Wildman–Crippen LogP) is 4.85. The molecule has 0 bridgehead atoms. The third kappa shape index (κ3) is 3.46.